The molecule has 0 saturated carbocycles. The maximum atomic E-state index is 12.8. The lowest BCUT2D eigenvalue weighted by atomic mass is 9.84. The normalized spacial score (nSPS) is 16.1. The van der Waals surface area contributed by atoms with Gasteiger partial charge in [-0.15, -0.1) is 0 Å². The van der Waals surface area contributed by atoms with Gasteiger partial charge in [-0.25, -0.2) is 0 Å². The van der Waals surface area contributed by atoms with E-state index in [1.54, 1.807) is 7.11 Å². The van der Waals surface area contributed by atoms with Gasteiger partial charge < -0.3 is 14.5 Å². The number of piperidine rings is 1. The molecule has 1 aromatic rings. The first-order valence-electron chi connectivity index (χ1n) is 10.5. The number of carbonyl (C=O) groups is 2. The molecule has 0 radical (unpaired) electrons. The molecule has 1 saturated heterocycles. The molecule has 0 spiro atoms. The van der Waals surface area contributed by atoms with Crippen molar-refractivity contribution < 1.29 is 14.3 Å². The molecule has 1 unspecified atom stereocenters. The molecule has 0 bridgehead atoms. The van der Waals surface area contributed by atoms with Gasteiger partial charge in [0.1, 0.15) is 5.75 Å². The second-order valence-electron chi connectivity index (χ2n) is 8.30. The van der Waals surface area contributed by atoms with Crippen LogP contribution in [0.5, 0.6) is 5.75 Å². The van der Waals surface area contributed by atoms with Gasteiger partial charge in [-0.2, -0.15) is 0 Å². The molecule has 1 aliphatic rings. The van der Waals surface area contributed by atoms with Gasteiger partial charge in [0.25, 0.3) is 0 Å². The van der Waals surface area contributed by atoms with Crippen LogP contribution in [0.15, 0.2) is 24.3 Å². The van der Waals surface area contributed by atoms with E-state index in [9.17, 15) is 9.59 Å². The van der Waals surface area contributed by atoms with E-state index in [0.29, 0.717) is 24.7 Å². The average Bonchev–Trinajstić information content (AvgIpc) is 2.70. The lowest BCUT2D eigenvalue weighted by molar-refractivity contribution is -0.136. The summed E-state index contributed by atoms with van der Waals surface area (Å²) in [7, 11) is 3.62. The van der Waals surface area contributed by atoms with Gasteiger partial charge in [0.15, 0.2) is 0 Å². The number of methoxy groups -OCH3 is 1. The summed E-state index contributed by atoms with van der Waals surface area (Å²) in [6.45, 7) is 7.66. The largest absolute Gasteiger partial charge is 0.497 e. The molecule has 1 aliphatic heterocycles. The van der Waals surface area contributed by atoms with Gasteiger partial charge in [0.05, 0.1) is 7.11 Å². The van der Waals surface area contributed by atoms with Crippen molar-refractivity contribution in [3.63, 3.8) is 0 Å². The van der Waals surface area contributed by atoms with Crippen LogP contribution < -0.4 is 4.74 Å². The monoisotopic (exact) mass is 388 g/mol. The third-order valence-electron chi connectivity index (χ3n) is 5.79. The first-order chi connectivity index (χ1) is 13.3. The molecular weight excluding hydrogens is 352 g/mol. The summed E-state index contributed by atoms with van der Waals surface area (Å²) in [5.74, 6) is 2.02. The Kier molecular flexibility index (Phi) is 8.34. The van der Waals surface area contributed by atoms with E-state index >= 15 is 0 Å². The Morgan fingerprint density at radius 3 is 2.50 bits per heavy atom. The molecule has 0 aromatic heterocycles. The van der Waals surface area contributed by atoms with Crippen molar-refractivity contribution in [2.24, 2.45) is 11.8 Å². The Labute approximate surface area is 170 Å². The highest BCUT2D eigenvalue weighted by Crippen LogP contribution is 2.28. The second kappa shape index (κ2) is 10.5. The summed E-state index contributed by atoms with van der Waals surface area (Å²) in [4.78, 5) is 28.7. The van der Waals surface area contributed by atoms with Crippen molar-refractivity contribution in [2.45, 2.75) is 58.9 Å². The number of hydrogen-bond donors (Lipinski definition) is 0. The summed E-state index contributed by atoms with van der Waals surface area (Å²) < 4.78 is 5.37. The Morgan fingerprint density at radius 1 is 1.25 bits per heavy atom. The highest BCUT2D eigenvalue weighted by atomic mass is 16.5. The molecule has 156 valence electrons. The number of carbonyl (C=O) groups excluding carboxylic acids is 2. The van der Waals surface area contributed by atoms with E-state index < -0.39 is 0 Å². The molecule has 1 aromatic carbocycles. The molecular formula is C23H36N2O3. The predicted molar refractivity (Wildman–Crippen MR) is 112 cm³/mol. The van der Waals surface area contributed by atoms with Gasteiger partial charge >= 0.3 is 0 Å². The van der Waals surface area contributed by atoms with Crippen LogP contribution in [0.1, 0.15) is 52.0 Å². The molecule has 1 fully saturated rings. The van der Waals surface area contributed by atoms with E-state index in [2.05, 4.69) is 26.0 Å². The minimum Gasteiger partial charge on any atom is -0.497 e. The first-order valence-corrected chi connectivity index (χ1v) is 10.5. The fraction of sp³-hybridized carbons (Fsp3) is 0.652. The van der Waals surface area contributed by atoms with Crippen molar-refractivity contribution in [2.75, 3.05) is 27.2 Å². The molecule has 1 atom stereocenters. The van der Waals surface area contributed by atoms with Crippen LogP contribution in [0.4, 0.5) is 0 Å². The number of amides is 2. The van der Waals surface area contributed by atoms with E-state index in [1.807, 2.05) is 35.9 Å². The number of likely N-dealkylation sites (tertiary alicyclic amines) is 1. The van der Waals surface area contributed by atoms with Gasteiger partial charge in [-0.3, -0.25) is 9.59 Å². The maximum absolute atomic E-state index is 12.8. The van der Waals surface area contributed by atoms with Crippen LogP contribution in [0.25, 0.3) is 0 Å². The van der Waals surface area contributed by atoms with Gasteiger partial charge in [-0.05, 0) is 48.8 Å². The van der Waals surface area contributed by atoms with E-state index in [4.69, 9.17) is 4.74 Å². The Balaban J connectivity index is 2.16. The third kappa shape index (κ3) is 5.98. The van der Waals surface area contributed by atoms with Crippen molar-refractivity contribution in [3.8, 4) is 5.75 Å². The fourth-order valence-corrected chi connectivity index (χ4v) is 4.10. The SMILES string of the molecule is CCC(=O)N1CCC(C(Cc2cccc(OC)c2)N(C)C(=O)CC(C)C)CC1. The highest BCUT2D eigenvalue weighted by Gasteiger charge is 2.32. The quantitative estimate of drug-likeness (QED) is 0.681. The molecule has 5 nitrogen and oxygen atoms in total. The Hall–Kier alpha value is -2.04. The topological polar surface area (TPSA) is 49.9 Å². The minimum absolute atomic E-state index is 0.136. The Bertz CT molecular complexity index is 651. The van der Waals surface area contributed by atoms with E-state index in [0.717, 1.165) is 38.1 Å². The number of ether oxygens (including phenoxy) is 1. The number of nitrogens with zero attached hydrogens (tertiary/aromatic N) is 2. The molecule has 0 N–H and O–H groups in total. The second-order valence-corrected chi connectivity index (χ2v) is 8.30. The average molecular weight is 389 g/mol. The van der Waals surface area contributed by atoms with E-state index in [-0.39, 0.29) is 17.9 Å². The van der Waals surface area contributed by atoms with Gasteiger partial charge in [0, 0.05) is 39.0 Å². The molecule has 1 heterocycles. The number of benzene rings is 1. The van der Waals surface area contributed by atoms with Crippen LogP contribution in [0, 0.1) is 11.8 Å². The minimum atomic E-state index is 0.136. The zero-order valence-electron chi connectivity index (χ0n) is 18.1. The fourth-order valence-electron chi connectivity index (χ4n) is 4.10. The van der Waals surface area contributed by atoms with Crippen LogP contribution in [-0.4, -0.2) is 54.9 Å². The smallest absolute Gasteiger partial charge is 0.222 e. The summed E-state index contributed by atoms with van der Waals surface area (Å²) in [5.41, 5.74) is 1.18. The number of rotatable bonds is 8. The molecule has 5 heteroatoms. The van der Waals surface area contributed by atoms with Crippen molar-refractivity contribution >= 4 is 11.8 Å². The zero-order chi connectivity index (χ0) is 20.7. The molecule has 2 amide bonds. The van der Waals surface area contributed by atoms with Crippen molar-refractivity contribution in [1.29, 1.82) is 0 Å². The predicted octanol–water partition coefficient (Wildman–Crippen LogP) is 3.76. The lowest BCUT2D eigenvalue weighted by Gasteiger charge is -2.40. The zero-order valence-corrected chi connectivity index (χ0v) is 18.1. The first kappa shape index (κ1) is 22.3. The maximum Gasteiger partial charge on any atom is 0.222 e. The molecule has 28 heavy (non-hydrogen) atoms. The molecule has 2 rings (SSSR count). The van der Waals surface area contributed by atoms with Crippen LogP contribution in [-0.2, 0) is 16.0 Å². The van der Waals surface area contributed by atoms with Crippen molar-refractivity contribution in [1.82, 2.24) is 9.80 Å². The highest BCUT2D eigenvalue weighted by molar-refractivity contribution is 5.77. The van der Waals surface area contributed by atoms with Gasteiger partial charge in [0.2, 0.25) is 11.8 Å². The molecule has 0 aliphatic carbocycles. The Morgan fingerprint density at radius 2 is 1.93 bits per heavy atom. The van der Waals surface area contributed by atoms with Crippen molar-refractivity contribution in [3.05, 3.63) is 29.8 Å². The third-order valence-corrected chi connectivity index (χ3v) is 5.79. The lowest BCUT2D eigenvalue weighted by Crippen LogP contribution is -2.48. The summed E-state index contributed by atoms with van der Waals surface area (Å²) in [6.07, 6.45) is 3.83. The number of hydrogen-bond acceptors (Lipinski definition) is 3. The summed E-state index contributed by atoms with van der Waals surface area (Å²) in [5, 5.41) is 0. The summed E-state index contributed by atoms with van der Waals surface area (Å²) in [6, 6.07) is 8.25. The van der Waals surface area contributed by atoms with Crippen LogP contribution in [0.2, 0.25) is 0 Å². The van der Waals surface area contributed by atoms with Gasteiger partial charge in [-0.1, -0.05) is 32.9 Å². The van der Waals surface area contributed by atoms with Crippen LogP contribution in [0.3, 0.4) is 0 Å². The van der Waals surface area contributed by atoms with E-state index in [1.165, 1.54) is 5.56 Å². The van der Waals surface area contributed by atoms with Crippen LogP contribution >= 0.6 is 0 Å². The summed E-state index contributed by atoms with van der Waals surface area (Å²) >= 11 is 0. The number of likely N-dealkylation sites (N-methyl/N-ethyl adjacent to an activating group) is 1. The standard InChI is InChI=1S/C23H36N2O3/c1-6-22(26)25-12-10-19(11-13-25)21(24(4)23(27)14-17(2)3)16-18-8-7-9-20(15-18)28-5/h7-9,15,17,19,21H,6,10-14,16H2,1-5H3.